The number of likely N-dealkylation sites (tertiary alicyclic amines) is 2. The number of carbonyl (C=O) groups is 2. The van der Waals surface area contributed by atoms with Crippen molar-refractivity contribution in [3.63, 3.8) is 0 Å². The zero-order valence-corrected chi connectivity index (χ0v) is 15.7. The fraction of sp³-hybridized carbons (Fsp3) is 0.429. The van der Waals surface area contributed by atoms with Crippen LogP contribution >= 0.6 is 0 Å². The van der Waals surface area contributed by atoms with Gasteiger partial charge in [-0.15, -0.1) is 0 Å². The first-order valence-corrected chi connectivity index (χ1v) is 9.31. The molecule has 2 amide bonds. The van der Waals surface area contributed by atoms with Gasteiger partial charge in [-0.3, -0.25) is 9.59 Å². The molecule has 2 fully saturated rings. The Hall–Kier alpha value is -2.76. The Kier molecular flexibility index (Phi) is 4.42. The number of ether oxygens (including phenoxy) is 1. The Morgan fingerprint density at radius 1 is 1.19 bits per heavy atom. The van der Waals surface area contributed by atoms with Crippen LogP contribution in [-0.2, 0) is 4.79 Å². The molecule has 2 aliphatic heterocycles. The molecule has 0 bridgehead atoms. The second-order valence-corrected chi connectivity index (χ2v) is 7.48. The molecule has 2 aromatic rings. The van der Waals surface area contributed by atoms with Crippen LogP contribution in [0.4, 0.5) is 0 Å². The number of carbonyl (C=O) groups excluding carboxylic acids is 2. The number of furan rings is 1. The molecule has 1 aromatic heterocycles. The van der Waals surface area contributed by atoms with E-state index in [4.69, 9.17) is 9.15 Å². The van der Waals surface area contributed by atoms with Crippen molar-refractivity contribution in [2.24, 2.45) is 5.41 Å². The highest BCUT2D eigenvalue weighted by Crippen LogP contribution is 2.40. The maximum Gasteiger partial charge on any atom is 0.289 e. The first-order chi connectivity index (χ1) is 13.0. The van der Waals surface area contributed by atoms with Gasteiger partial charge in [0.05, 0.1) is 12.5 Å². The molecular weight excluding hydrogens is 344 g/mol. The summed E-state index contributed by atoms with van der Waals surface area (Å²) in [5, 5.41) is 0. The van der Waals surface area contributed by atoms with E-state index < -0.39 is 5.41 Å². The fourth-order valence-electron chi connectivity index (χ4n) is 4.23. The SMILES string of the molecule is COc1cccc(-c2ccc(C(=O)N3CC[C@]4(CCCN(C)C4=O)C3)o2)c1. The van der Waals surface area contributed by atoms with Gasteiger partial charge in [0.25, 0.3) is 5.91 Å². The van der Waals surface area contributed by atoms with Gasteiger partial charge in [-0.1, -0.05) is 12.1 Å². The molecule has 1 aromatic carbocycles. The van der Waals surface area contributed by atoms with Crippen LogP contribution in [0.15, 0.2) is 40.8 Å². The molecular formula is C21H24N2O4. The molecule has 0 saturated carbocycles. The summed E-state index contributed by atoms with van der Waals surface area (Å²) in [6, 6.07) is 11.0. The summed E-state index contributed by atoms with van der Waals surface area (Å²) < 4.78 is 11.1. The number of hydrogen-bond donors (Lipinski definition) is 0. The van der Waals surface area contributed by atoms with E-state index in [2.05, 4.69) is 0 Å². The van der Waals surface area contributed by atoms with E-state index in [1.807, 2.05) is 31.3 Å². The van der Waals surface area contributed by atoms with Crippen LogP contribution in [0.5, 0.6) is 5.75 Å². The fourth-order valence-corrected chi connectivity index (χ4v) is 4.23. The van der Waals surface area contributed by atoms with Crippen molar-refractivity contribution < 1.29 is 18.7 Å². The summed E-state index contributed by atoms with van der Waals surface area (Å²) in [5.41, 5.74) is 0.445. The molecule has 2 saturated heterocycles. The van der Waals surface area contributed by atoms with Gasteiger partial charge in [0.2, 0.25) is 5.91 Å². The summed E-state index contributed by atoms with van der Waals surface area (Å²) in [6.45, 7) is 1.87. The smallest absolute Gasteiger partial charge is 0.289 e. The number of benzene rings is 1. The molecule has 0 aliphatic carbocycles. The monoisotopic (exact) mass is 368 g/mol. The average Bonchev–Trinajstić information content (AvgIpc) is 3.34. The molecule has 142 valence electrons. The lowest BCUT2D eigenvalue weighted by Crippen LogP contribution is -2.48. The number of piperidine rings is 1. The van der Waals surface area contributed by atoms with Crippen molar-refractivity contribution >= 4 is 11.8 Å². The van der Waals surface area contributed by atoms with Gasteiger partial charge in [-0.25, -0.2) is 0 Å². The summed E-state index contributed by atoms with van der Waals surface area (Å²) in [7, 11) is 3.46. The van der Waals surface area contributed by atoms with Gasteiger partial charge >= 0.3 is 0 Å². The maximum absolute atomic E-state index is 12.9. The third-order valence-corrected chi connectivity index (χ3v) is 5.76. The lowest BCUT2D eigenvalue weighted by atomic mass is 9.78. The van der Waals surface area contributed by atoms with E-state index in [1.54, 1.807) is 29.0 Å². The van der Waals surface area contributed by atoms with Gasteiger partial charge in [0, 0.05) is 32.2 Å². The minimum Gasteiger partial charge on any atom is -0.497 e. The maximum atomic E-state index is 12.9. The van der Waals surface area contributed by atoms with Crippen molar-refractivity contribution in [1.29, 1.82) is 0 Å². The normalized spacial score (nSPS) is 22.5. The molecule has 27 heavy (non-hydrogen) atoms. The summed E-state index contributed by atoms with van der Waals surface area (Å²) in [6.07, 6.45) is 2.57. The van der Waals surface area contributed by atoms with Crippen LogP contribution in [-0.4, -0.2) is 55.4 Å². The highest BCUT2D eigenvalue weighted by atomic mass is 16.5. The second-order valence-electron chi connectivity index (χ2n) is 7.48. The van der Waals surface area contributed by atoms with Crippen LogP contribution in [0, 0.1) is 5.41 Å². The van der Waals surface area contributed by atoms with Crippen molar-refractivity contribution in [3.8, 4) is 17.1 Å². The van der Waals surface area contributed by atoms with E-state index in [1.165, 1.54) is 0 Å². The standard InChI is InChI=1S/C21H24N2O4/c1-22-11-4-9-21(20(22)25)10-12-23(14-21)19(24)18-8-7-17(27-18)15-5-3-6-16(13-15)26-2/h3,5-8,13H,4,9-12,14H2,1-2H3/t21-/m1/s1. The van der Waals surface area contributed by atoms with E-state index in [-0.39, 0.29) is 11.8 Å². The van der Waals surface area contributed by atoms with Crippen molar-refractivity contribution in [1.82, 2.24) is 9.80 Å². The Labute approximate surface area is 158 Å². The van der Waals surface area contributed by atoms with Crippen LogP contribution in [0.2, 0.25) is 0 Å². The molecule has 6 heteroatoms. The van der Waals surface area contributed by atoms with Crippen LogP contribution in [0.3, 0.4) is 0 Å². The van der Waals surface area contributed by atoms with Crippen LogP contribution in [0.1, 0.15) is 29.8 Å². The lowest BCUT2D eigenvalue weighted by Gasteiger charge is -2.37. The Bertz CT molecular complexity index is 875. The molecule has 6 nitrogen and oxygen atoms in total. The minimum absolute atomic E-state index is 0.151. The number of methoxy groups -OCH3 is 1. The van der Waals surface area contributed by atoms with Crippen molar-refractivity contribution in [2.75, 3.05) is 33.8 Å². The van der Waals surface area contributed by atoms with Crippen molar-refractivity contribution in [2.45, 2.75) is 19.3 Å². The summed E-state index contributed by atoms with van der Waals surface area (Å²) >= 11 is 0. The zero-order valence-electron chi connectivity index (χ0n) is 15.7. The third-order valence-electron chi connectivity index (χ3n) is 5.76. The molecule has 2 aliphatic rings. The Balaban J connectivity index is 1.51. The summed E-state index contributed by atoms with van der Waals surface area (Å²) in [5.74, 6) is 1.68. The molecule has 1 spiro atoms. The molecule has 3 heterocycles. The van der Waals surface area contributed by atoms with Crippen molar-refractivity contribution in [3.05, 3.63) is 42.2 Å². The number of hydrogen-bond acceptors (Lipinski definition) is 4. The largest absolute Gasteiger partial charge is 0.497 e. The minimum atomic E-state index is -0.412. The molecule has 0 N–H and O–H groups in total. The van der Waals surface area contributed by atoms with E-state index in [9.17, 15) is 9.59 Å². The van der Waals surface area contributed by atoms with Gasteiger partial charge in [0.15, 0.2) is 5.76 Å². The van der Waals surface area contributed by atoms with Gasteiger partial charge in [0.1, 0.15) is 11.5 Å². The number of rotatable bonds is 3. The topological polar surface area (TPSA) is 63.0 Å². The lowest BCUT2D eigenvalue weighted by molar-refractivity contribution is -0.143. The Morgan fingerprint density at radius 2 is 2.04 bits per heavy atom. The molecule has 0 radical (unpaired) electrons. The quantitative estimate of drug-likeness (QED) is 0.835. The first kappa shape index (κ1) is 17.6. The third kappa shape index (κ3) is 3.09. The highest BCUT2D eigenvalue weighted by Gasteiger charge is 2.48. The predicted octanol–water partition coefficient (Wildman–Crippen LogP) is 3.04. The first-order valence-electron chi connectivity index (χ1n) is 9.31. The second kappa shape index (κ2) is 6.76. The van der Waals surface area contributed by atoms with E-state index in [0.717, 1.165) is 37.1 Å². The molecule has 4 rings (SSSR count). The van der Waals surface area contributed by atoms with E-state index >= 15 is 0 Å². The number of amides is 2. The predicted molar refractivity (Wildman–Crippen MR) is 101 cm³/mol. The molecule has 1 atom stereocenters. The highest BCUT2D eigenvalue weighted by molar-refractivity contribution is 5.93. The Morgan fingerprint density at radius 3 is 2.85 bits per heavy atom. The van der Waals surface area contributed by atoms with Gasteiger partial charge < -0.3 is 19.0 Å². The average molecular weight is 368 g/mol. The molecule has 0 unspecified atom stereocenters. The zero-order chi connectivity index (χ0) is 19.0. The van der Waals surface area contributed by atoms with Crippen LogP contribution in [0.25, 0.3) is 11.3 Å². The van der Waals surface area contributed by atoms with Gasteiger partial charge in [-0.05, 0) is 43.5 Å². The van der Waals surface area contributed by atoms with E-state index in [0.29, 0.717) is 24.6 Å². The van der Waals surface area contributed by atoms with Gasteiger partial charge in [-0.2, -0.15) is 0 Å². The van der Waals surface area contributed by atoms with Crippen LogP contribution < -0.4 is 4.74 Å². The summed E-state index contributed by atoms with van der Waals surface area (Å²) in [4.78, 5) is 29.1. The number of nitrogens with zero attached hydrogens (tertiary/aromatic N) is 2.